The first-order chi connectivity index (χ1) is 8.74. The van der Waals surface area contributed by atoms with Crippen LogP contribution in [0.5, 0.6) is 11.5 Å². The highest BCUT2D eigenvalue weighted by Crippen LogP contribution is 2.39. The summed E-state index contributed by atoms with van der Waals surface area (Å²) in [7, 11) is 1.68. The van der Waals surface area contributed by atoms with Crippen LogP contribution >= 0.6 is 15.9 Å². The standard InChI is InChI=1S/C14H20BrNO2/c1-17-13-8-11(3-2-6-16)7-12(15)14(13)18-9-10-4-5-10/h7-8,10H,2-6,9,16H2,1H3. The largest absolute Gasteiger partial charge is 0.493 e. The maximum absolute atomic E-state index is 5.85. The van der Waals surface area contributed by atoms with Crippen LogP contribution in [0.25, 0.3) is 0 Å². The molecule has 0 amide bonds. The van der Waals surface area contributed by atoms with Gasteiger partial charge in [-0.05, 0) is 71.8 Å². The molecule has 0 heterocycles. The highest BCUT2D eigenvalue weighted by molar-refractivity contribution is 9.10. The third kappa shape index (κ3) is 3.62. The highest BCUT2D eigenvalue weighted by Gasteiger charge is 2.23. The maximum atomic E-state index is 5.85. The molecule has 0 saturated heterocycles. The maximum Gasteiger partial charge on any atom is 0.175 e. The van der Waals surface area contributed by atoms with Gasteiger partial charge < -0.3 is 15.2 Å². The zero-order valence-corrected chi connectivity index (χ0v) is 12.3. The van der Waals surface area contributed by atoms with Gasteiger partial charge in [0.1, 0.15) is 0 Å². The Labute approximate surface area is 117 Å². The second kappa shape index (κ2) is 6.43. The molecule has 18 heavy (non-hydrogen) atoms. The number of aryl methyl sites for hydroxylation is 1. The van der Waals surface area contributed by atoms with E-state index in [-0.39, 0.29) is 0 Å². The van der Waals surface area contributed by atoms with Gasteiger partial charge >= 0.3 is 0 Å². The van der Waals surface area contributed by atoms with Crippen molar-refractivity contribution in [1.82, 2.24) is 0 Å². The van der Waals surface area contributed by atoms with Gasteiger partial charge in [-0.15, -0.1) is 0 Å². The first-order valence-corrected chi connectivity index (χ1v) is 7.23. The Balaban J connectivity index is 2.11. The molecule has 100 valence electrons. The molecule has 0 unspecified atom stereocenters. The van der Waals surface area contributed by atoms with Crippen molar-refractivity contribution in [2.24, 2.45) is 11.7 Å². The van der Waals surface area contributed by atoms with E-state index >= 15 is 0 Å². The lowest BCUT2D eigenvalue weighted by atomic mass is 10.1. The van der Waals surface area contributed by atoms with Gasteiger partial charge in [-0.3, -0.25) is 0 Å². The first-order valence-electron chi connectivity index (χ1n) is 6.44. The number of rotatable bonds is 7. The Kier molecular flexibility index (Phi) is 4.89. The molecule has 0 atom stereocenters. The van der Waals surface area contributed by atoms with Crippen molar-refractivity contribution in [3.8, 4) is 11.5 Å². The minimum atomic E-state index is 0.708. The summed E-state index contributed by atoms with van der Waals surface area (Å²) in [5, 5.41) is 0. The summed E-state index contributed by atoms with van der Waals surface area (Å²) in [6.45, 7) is 1.50. The van der Waals surface area contributed by atoms with Crippen LogP contribution in [0.1, 0.15) is 24.8 Å². The Morgan fingerprint density at radius 3 is 2.78 bits per heavy atom. The molecule has 2 rings (SSSR count). The number of halogens is 1. The molecule has 0 aromatic heterocycles. The van der Waals surface area contributed by atoms with Gasteiger partial charge in [0.15, 0.2) is 11.5 Å². The van der Waals surface area contributed by atoms with E-state index in [2.05, 4.69) is 22.0 Å². The number of hydrogen-bond acceptors (Lipinski definition) is 3. The van der Waals surface area contributed by atoms with Crippen LogP contribution < -0.4 is 15.2 Å². The van der Waals surface area contributed by atoms with Crippen LogP contribution in [0.4, 0.5) is 0 Å². The third-order valence-corrected chi connectivity index (χ3v) is 3.71. The molecular weight excluding hydrogens is 294 g/mol. The molecule has 1 aromatic carbocycles. The van der Waals surface area contributed by atoms with Crippen molar-refractivity contribution >= 4 is 15.9 Å². The molecule has 1 saturated carbocycles. The Morgan fingerprint density at radius 2 is 2.17 bits per heavy atom. The number of methoxy groups -OCH3 is 1. The molecule has 3 nitrogen and oxygen atoms in total. The zero-order valence-electron chi connectivity index (χ0n) is 10.7. The lowest BCUT2D eigenvalue weighted by molar-refractivity contribution is 0.278. The van der Waals surface area contributed by atoms with Crippen molar-refractivity contribution < 1.29 is 9.47 Å². The molecule has 2 N–H and O–H groups in total. The van der Waals surface area contributed by atoms with Gasteiger partial charge in [-0.1, -0.05) is 0 Å². The summed E-state index contributed by atoms with van der Waals surface area (Å²) < 4.78 is 12.2. The average molecular weight is 314 g/mol. The molecular formula is C14H20BrNO2. The molecule has 0 spiro atoms. The normalized spacial score (nSPS) is 14.6. The van der Waals surface area contributed by atoms with Gasteiger partial charge in [0.05, 0.1) is 18.2 Å². The summed E-state index contributed by atoms with van der Waals surface area (Å²) in [5.41, 5.74) is 6.76. The van der Waals surface area contributed by atoms with Crippen LogP contribution in [-0.2, 0) is 6.42 Å². The predicted molar refractivity (Wildman–Crippen MR) is 76.3 cm³/mol. The number of benzene rings is 1. The van der Waals surface area contributed by atoms with Gasteiger partial charge in [-0.25, -0.2) is 0 Å². The van der Waals surface area contributed by atoms with E-state index in [0.29, 0.717) is 6.54 Å². The second-order valence-electron chi connectivity index (χ2n) is 4.76. The molecule has 0 aliphatic heterocycles. The van der Waals surface area contributed by atoms with Crippen molar-refractivity contribution in [3.63, 3.8) is 0 Å². The lowest BCUT2D eigenvalue weighted by Crippen LogP contribution is -2.03. The fourth-order valence-electron chi connectivity index (χ4n) is 1.85. The third-order valence-electron chi connectivity index (χ3n) is 3.12. The Bertz CT molecular complexity index is 405. The van der Waals surface area contributed by atoms with E-state index in [1.165, 1.54) is 18.4 Å². The van der Waals surface area contributed by atoms with Crippen molar-refractivity contribution in [2.75, 3.05) is 20.3 Å². The molecule has 0 bridgehead atoms. The van der Waals surface area contributed by atoms with E-state index in [1.807, 2.05) is 6.07 Å². The molecule has 1 aliphatic rings. The topological polar surface area (TPSA) is 44.5 Å². The fraction of sp³-hybridized carbons (Fsp3) is 0.571. The molecule has 1 fully saturated rings. The van der Waals surface area contributed by atoms with E-state index < -0.39 is 0 Å². The summed E-state index contributed by atoms with van der Waals surface area (Å²) in [6, 6.07) is 4.14. The SMILES string of the molecule is COc1cc(CCCN)cc(Br)c1OCC1CC1. The molecule has 1 aliphatic carbocycles. The van der Waals surface area contributed by atoms with Gasteiger partial charge in [-0.2, -0.15) is 0 Å². The predicted octanol–water partition coefficient (Wildman–Crippen LogP) is 3.14. The summed E-state index contributed by atoms with van der Waals surface area (Å²) >= 11 is 3.56. The van der Waals surface area contributed by atoms with Crippen molar-refractivity contribution in [3.05, 3.63) is 22.2 Å². The van der Waals surface area contributed by atoms with Crippen LogP contribution in [0.3, 0.4) is 0 Å². The zero-order chi connectivity index (χ0) is 13.0. The minimum absolute atomic E-state index is 0.708. The van der Waals surface area contributed by atoms with Gasteiger partial charge in [0, 0.05) is 0 Å². The van der Waals surface area contributed by atoms with E-state index in [9.17, 15) is 0 Å². The molecule has 1 aromatic rings. The molecule has 4 heteroatoms. The second-order valence-corrected chi connectivity index (χ2v) is 5.61. The number of ether oxygens (including phenoxy) is 2. The van der Waals surface area contributed by atoms with E-state index in [1.54, 1.807) is 7.11 Å². The monoisotopic (exact) mass is 313 g/mol. The van der Waals surface area contributed by atoms with Crippen LogP contribution in [0.15, 0.2) is 16.6 Å². The van der Waals surface area contributed by atoms with Crippen LogP contribution in [0, 0.1) is 5.92 Å². The average Bonchev–Trinajstić information content (AvgIpc) is 3.18. The Morgan fingerprint density at radius 1 is 1.39 bits per heavy atom. The van der Waals surface area contributed by atoms with Gasteiger partial charge in [0.25, 0.3) is 0 Å². The first kappa shape index (κ1) is 13.7. The smallest absolute Gasteiger partial charge is 0.175 e. The van der Waals surface area contributed by atoms with E-state index in [4.69, 9.17) is 15.2 Å². The lowest BCUT2D eigenvalue weighted by Gasteiger charge is -2.14. The van der Waals surface area contributed by atoms with Crippen LogP contribution in [-0.4, -0.2) is 20.3 Å². The number of nitrogens with two attached hydrogens (primary N) is 1. The summed E-state index contributed by atoms with van der Waals surface area (Å²) in [4.78, 5) is 0. The highest BCUT2D eigenvalue weighted by atomic mass is 79.9. The fourth-order valence-corrected chi connectivity index (χ4v) is 2.45. The van der Waals surface area contributed by atoms with Gasteiger partial charge in [0.2, 0.25) is 0 Å². The Hall–Kier alpha value is -0.740. The van der Waals surface area contributed by atoms with E-state index in [0.717, 1.165) is 41.3 Å². The van der Waals surface area contributed by atoms with Crippen molar-refractivity contribution in [2.45, 2.75) is 25.7 Å². The number of hydrogen-bond donors (Lipinski definition) is 1. The van der Waals surface area contributed by atoms with Crippen molar-refractivity contribution in [1.29, 1.82) is 0 Å². The minimum Gasteiger partial charge on any atom is -0.493 e. The van der Waals surface area contributed by atoms with Crippen LogP contribution in [0.2, 0.25) is 0 Å². The molecule has 0 radical (unpaired) electrons. The quantitative estimate of drug-likeness (QED) is 0.841. The summed E-state index contributed by atoms with van der Waals surface area (Å²) in [6.07, 6.45) is 4.52. The summed E-state index contributed by atoms with van der Waals surface area (Å²) in [5.74, 6) is 2.36.